The lowest BCUT2D eigenvalue weighted by Gasteiger charge is -2.01. The van der Waals surface area contributed by atoms with Gasteiger partial charge in [-0.25, -0.2) is 0 Å². The Morgan fingerprint density at radius 3 is 2.92 bits per heavy atom. The first-order chi connectivity index (χ1) is 6.36. The maximum Gasteiger partial charge on any atom is 0.106 e. The van der Waals surface area contributed by atoms with Crippen molar-refractivity contribution < 1.29 is 9.15 Å². The zero-order valence-electron chi connectivity index (χ0n) is 7.41. The van der Waals surface area contributed by atoms with Crippen LogP contribution >= 0.6 is 0 Å². The molecule has 2 heterocycles. The summed E-state index contributed by atoms with van der Waals surface area (Å²) in [7, 11) is 0. The molecular formula is C11H10O2. The zero-order valence-corrected chi connectivity index (χ0v) is 7.41. The van der Waals surface area contributed by atoms with E-state index in [-0.39, 0.29) is 0 Å². The molecule has 0 radical (unpaired) electrons. The summed E-state index contributed by atoms with van der Waals surface area (Å²) in [4.78, 5) is 0. The van der Waals surface area contributed by atoms with Crippen LogP contribution in [-0.2, 0) is 4.74 Å². The van der Waals surface area contributed by atoms with Gasteiger partial charge >= 0.3 is 0 Å². The maximum absolute atomic E-state index is 5.27. The summed E-state index contributed by atoms with van der Waals surface area (Å²) in [6.45, 7) is 2.99. The minimum Gasteiger partial charge on any atom is -0.471 e. The number of hydrogen-bond donors (Lipinski definition) is 0. The van der Waals surface area contributed by atoms with Crippen molar-refractivity contribution >= 4 is 10.8 Å². The summed E-state index contributed by atoms with van der Waals surface area (Å²) >= 11 is 0. The molecule has 0 aliphatic carbocycles. The zero-order chi connectivity index (χ0) is 8.84. The van der Waals surface area contributed by atoms with Crippen LogP contribution in [0.2, 0.25) is 0 Å². The number of benzene rings is 1. The largest absolute Gasteiger partial charge is 0.471 e. The minimum atomic E-state index is 0.333. The van der Waals surface area contributed by atoms with E-state index >= 15 is 0 Å². The Hall–Kier alpha value is -1.28. The second-order valence-corrected chi connectivity index (χ2v) is 3.48. The Balaban J connectivity index is 2.30. The first-order valence-corrected chi connectivity index (χ1v) is 4.43. The molecule has 0 N–H and O–H groups in total. The predicted octanol–water partition coefficient (Wildman–Crippen LogP) is 2.81. The van der Waals surface area contributed by atoms with Crippen LogP contribution < -0.4 is 0 Å². The molecular weight excluding hydrogens is 164 g/mol. The SMILES string of the molecule is Cc1c(C2CO2)ccc2cocc12. The van der Waals surface area contributed by atoms with Crippen molar-refractivity contribution in [3.63, 3.8) is 0 Å². The van der Waals surface area contributed by atoms with E-state index in [9.17, 15) is 0 Å². The molecule has 0 saturated carbocycles. The summed E-state index contributed by atoms with van der Waals surface area (Å²) in [5.74, 6) is 0. The highest BCUT2D eigenvalue weighted by molar-refractivity contribution is 5.85. The molecule has 1 aliphatic rings. The van der Waals surface area contributed by atoms with Crippen LogP contribution in [0.1, 0.15) is 17.2 Å². The monoisotopic (exact) mass is 174 g/mol. The van der Waals surface area contributed by atoms with Gasteiger partial charge in [0.2, 0.25) is 0 Å². The highest BCUT2D eigenvalue weighted by Crippen LogP contribution is 2.35. The molecule has 1 aromatic heterocycles. The fourth-order valence-corrected chi connectivity index (χ4v) is 1.78. The van der Waals surface area contributed by atoms with Crippen LogP contribution in [0.3, 0.4) is 0 Å². The number of furan rings is 1. The molecule has 66 valence electrons. The molecule has 0 spiro atoms. The number of hydrogen-bond acceptors (Lipinski definition) is 2. The third kappa shape index (κ3) is 0.988. The van der Waals surface area contributed by atoms with Crippen molar-refractivity contribution in [3.05, 3.63) is 35.8 Å². The minimum absolute atomic E-state index is 0.333. The van der Waals surface area contributed by atoms with Gasteiger partial charge < -0.3 is 9.15 Å². The van der Waals surface area contributed by atoms with E-state index in [1.165, 1.54) is 21.9 Å². The summed E-state index contributed by atoms with van der Waals surface area (Å²) in [5.41, 5.74) is 2.59. The maximum atomic E-state index is 5.27. The Kier molecular flexibility index (Phi) is 1.30. The van der Waals surface area contributed by atoms with Crippen molar-refractivity contribution in [2.75, 3.05) is 6.61 Å². The second kappa shape index (κ2) is 2.36. The van der Waals surface area contributed by atoms with Gasteiger partial charge in [0.15, 0.2) is 0 Å². The van der Waals surface area contributed by atoms with Crippen molar-refractivity contribution in [2.45, 2.75) is 13.0 Å². The second-order valence-electron chi connectivity index (χ2n) is 3.48. The van der Waals surface area contributed by atoms with Gasteiger partial charge in [0.25, 0.3) is 0 Å². The van der Waals surface area contributed by atoms with Crippen molar-refractivity contribution in [2.24, 2.45) is 0 Å². The molecule has 1 aromatic carbocycles. The van der Waals surface area contributed by atoms with Crippen molar-refractivity contribution in [3.8, 4) is 0 Å². The number of rotatable bonds is 1. The topological polar surface area (TPSA) is 25.7 Å². The Morgan fingerprint density at radius 1 is 1.31 bits per heavy atom. The van der Waals surface area contributed by atoms with Crippen LogP contribution in [0, 0.1) is 6.92 Å². The fourth-order valence-electron chi connectivity index (χ4n) is 1.78. The van der Waals surface area contributed by atoms with Gasteiger partial charge in [-0.3, -0.25) is 0 Å². The fraction of sp³-hybridized carbons (Fsp3) is 0.273. The molecule has 0 amide bonds. The van der Waals surface area contributed by atoms with Gasteiger partial charge in [0, 0.05) is 10.8 Å². The van der Waals surface area contributed by atoms with E-state index in [0.717, 1.165) is 6.61 Å². The number of ether oxygens (including phenoxy) is 1. The van der Waals surface area contributed by atoms with Crippen LogP contribution in [0.4, 0.5) is 0 Å². The summed E-state index contributed by atoms with van der Waals surface area (Å²) in [6.07, 6.45) is 3.91. The van der Waals surface area contributed by atoms with E-state index in [0.29, 0.717) is 6.10 Å². The molecule has 3 rings (SSSR count). The molecule has 1 aliphatic heterocycles. The smallest absolute Gasteiger partial charge is 0.106 e. The molecule has 2 heteroatoms. The van der Waals surface area contributed by atoms with Gasteiger partial charge in [-0.15, -0.1) is 0 Å². The lowest BCUT2D eigenvalue weighted by molar-refractivity contribution is 0.415. The first kappa shape index (κ1) is 7.15. The van der Waals surface area contributed by atoms with E-state index < -0.39 is 0 Å². The van der Waals surface area contributed by atoms with Crippen molar-refractivity contribution in [1.29, 1.82) is 0 Å². The molecule has 2 aromatic rings. The van der Waals surface area contributed by atoms with Gasteiger partial charge in [0.1, 0.15) is 6.10 Å². The third-order valence-corrected chi connectivity index (χ3v) is 2.65. The average Bonchev–Trinajstić information content (AvgIpc) is 2.83. The van der Waals surface area contributed by atoms with E-state index in [1.54, 1.807) is 12.5 Å². The van der Waals surface area contributed by atoms with Crippen LogP contribution in [-0.4, -0.2) is 6.61 Å². The third-order valence-electron chi connectivity index (χ3n) is 2.65. The van der Waals surface area contributed by atoms with Gasteiger partial charge in [-0.2, -0.15) is 0 Å². The highest BCUT2D eigenvalue weighted by Gasteiger charge is 2.26. The first-order valence-electron chi connectivity index (χ1n) is 4.43. The quantitative estimate of drug-likeness (QED) is 0.621. The van der Waals surface area contributed by atoms with Crippen LogP contribution in [0.15, 0.2) is 29.1 Å². The summed E-state index contributed by atoms with van der Waals surface area (Å²) in [6, 6.07) is 4.22. The van der Waals surface area contributed by atoms with Gasteiger partial charge in [0.05, 0.1) is 19.1 Å². The Labute approximate surface area is 76.1 Å². The molecule has 1 unspecified atom stereocenters. The lowest BCUT2D eigenvalue weighted by atomic mass is 10.0. The van der Waals surface area contributed by atoms with E-state index in [4.69, 9.17) is 9.15 Å². The summed E-state index contributed by atoms with van der Waals surface area (Å²) < 4.78 is 10.4. The van der Waals surface area contributed by atoms with E-state index in [1.807, 2.05) is 0 Å². The lowest BCUT2D eigenvalue weighted by Crippen LogP contribution is -1.86. The molecule has 13 heavy (non-hydrogen) atoms. The highest BCUT2D eigenvalue weighted by atomic mass is 16.6. The average molecular weight is 174 g/mol. The molecule has 1 fully saturated rings. The summed E-state index contributed by atoms with van der Waals surface area (Å²) in [5, 5.41) is 2.37. The van der Waals surface area contributed by atoms with E-state index in [2.05, 4.69) is 19.1 Å². The Bertz CT molecular complexity index is 452. The predicted molar refractivity (Wildman–Crippen MR) is 49.6 cm³/mol. The van der Waals surface area contributed by atoms with Crippen molar-refractivity contribution in [1.82, 2.24) is 0 Å². The number of aryl methyl sites for hydroxylation is 1. The molecule has 0 bridgehead atoms. The van der Waals surface area contributed by atoms with Gasteiger partial charge in [-0.05, 0) is 18.1 Å². The molecule has 2 nitrogen and oxygen atoms in total. The van der Waals surface area contributed by atoms with Crippen LogP contribution in [0.5, 0.6) is 0 Å². The standard InChI is InChI=1S/C11H10O2/c1-7-9(11-6-13-11)3-2-8-4-12-5-10(7)8/h2-5,11H,6H2,1H3. The van der Waals surface area contributed by atoms with Crippen LogP contribution in [0.25, 0.3) is 10.8 Å². The molecule has 1 saturated heterocycles. The van der Waals surface area contributed by atoms with Gasteiger partial charge in [-0.1, -0.05) is 12.1 Å². The Morgan fingerprint density at radius 2 is 2.15 bits per heavy atom. The number of epoxide rings is 1. The number of fused-ring (bicyclic) bond motifs is 1. The molecule has 1 atom stereocenters. The normalized spacial score (nSPS) is 20.8.